The molecule has 4 rings (SSSR count). The predicted octanol–water partition coefficient (Wildman–Crippen LogP) is 5.98. The first kappa shape index (κ1) is 22.0. The van der Waals surface area contributed by atoms with Crippen LogP contribution in [0.5, 0.6) is 0 Å². The second-order valence-electron chi connectivity index (χ2n) is 9.54. The third kappa shape index (κ3) is 5.72. The molecule has 2 saturated carbocycles. The van der Waals surface area contributed by atoms with Crippen molar-refractivity contribution in [3.63, 3.8) is 0 Å². The van der Waals surface area contributed by atoms with E-state index in [0.29, 0.717) is 18.3 Å². The summed E-state index contributed by atoms with van der Waals surface area (Å²) in [5.41, 5.74) is 2.32. The first-order chi connectivity index (χ1) is 15.2. The van der Waals surface area contributed by atoms with Crippen LogP contribution in [0.2, 0.25) is 0 Å². The monoisotopic (exact) mass is 422 g/mol. The molecule has 2 aliphatic carbocycles. The van der Waals surface area contributed by atoms with Crippen LogP contribution in [0.1, 0.15) is 75.3 Å². The number of amides is 1. The average Bonchev–Trinajstić information content (AvgIpc) is 3.64. The van der Waals surface area contributed by atoms with Gasteiger partial charge in [-0.25, -0.2) is 4.39 Å². The Balaban J connectivity index is 1.35. The standard InChI is InChI=1S/C27H35FN2O/c28-24-11-6-10-23(18-24)27(14-3-1-4-15-27)25(22-12-13-22)19-26(31)30-17-5-2-8-21-9-7-16-29-20-21/h6-7,9-11,16,18,20,22,25H,1-5,8,12-15,17,19H2,(H,30,31). The Kier molecular flexibility index (Phi) is 7.37. The smallest absolute Gasteiger partial charge is 0.220 e. The van der Waals surface area contributed by atoms with E-state index in [2.05, 4.69) is 22.4 Å². The molecule has 2 fully saturated rings. The van der Waals surface area contributed by atoms with Gasteiger partial charge in [-0.05, 0) is 91.5 Å². The summed E-state index contributed by atoms with van der Waals surface area (Å²) in [4.78, 5) is 17.1. The van der Waals surface area contributed by atoms with Crippen LogP contribution in [0.15, 0.2) is 48.8 Å². The predicted molar refractivity (Wildman–Crippen MR) is 122 cm³/mol. The molecule has 166 valence electrons. The van der Waals surface area contributed by atoms with Crippen molar-refractivity contribution in [2.45, 2.75) is 76.0 Å². The zero-order valence-electron chi connectivity index (χ0n) is 18.5. The molecule has 2 aromatic rings. The van der Waals surface area contributed by atoms with Crippen molar-refractivity contribution in [3.8, 4) is 0 Å². The summed E-state index contributed by atoms with van der Waals surface area (Å²) in [6.45, 7) is 0.726. The molecule has 1 N–H and O–H groups in total. The fourth-order valence-corrected chi connectivity index (χ4v) is 5.67. The van der Waals surface area contributed by atoms with E-state index in [1.54, 1.807) is 12.3 Å². The van der Waals surface area contributed by atoms with E-state index in [1.807, 2.05) is 18.3 Å². The van der Waals surface area contributed by atoms with Crippen molar-refractivity contribution in [2.24, 2.45) is 11.8 Å². The molecular formula is C27H35FN2O. The number of nitrogens with one attached hydrogen (secondary N) is 1. The van der Waals surface area contributed by atoms with Gasteiger partial charge in [0.1, 0.15) is 5.82 Å². The van der Waals surface area contributed by atoms with Gasteiger partial charge in [0.2, 0.25) is 5.91 Å². The zero-order valence-corrected chi connectivity index (χ0v) is 18.5. The Morgan fingerprint density at radius 3 is 2.68 bits per heavy atom. The summed E-state index contributed by atoms with van der Waals surface area (Å²) in [5.74, 6) is 0.942. The number of carbonyl (C=O) groups excluding carboxylic acids is 1. The lowest BCUT2D eigenvalue weighted by Gasteiger charge is -2.44. The Labute approximate surface area is 185 Å². The highest BCUT2D eigenvalue weighted by Gasteiger charge is 2.48. The molecule has 1 amide bonds. The van der Waals surface area contributed by atoms with Crippen molar-refractivity contribution in [2.75, 3.05) is 6.54 Å². The molecule has 0 saturated heterocycles. The van der Waals surface area contributed by atoms with E-state index >= 15 is 0 Å². The zero-order chi connectivity index (χ0) is 21.5. The second kappa shape index (κ2) is 10.4. The number of nitrogens with zero attached hydrogens (tertiary/aromatic N) is 1. The minimum atomic E-state index is -0.157. The van der Waals surface area contributed by atoms with Crippen molar-refractivity contribution in [3.05, 3.63) is 65.7 Å². The van der Waals surface area contributed by atoms with Crippen LogP contribution in [-0.2, 0) is 16.6 Å². The molecule has 0 spiro atoms. The van der Waals surface area contributed by atoms with Gasteiger partial charge in [-0.1, -0.05) is 37.5 Å². The maximum Gasteiger partial charge on any atom is 0.220 e. The maximum absolute atomic E-state index is 14.1. The van der Waals surface area contributed by atoms with E-state index < -0.39 is 0 Å². The summed E-state index contributed by atoms with van der Waals surface area (Å²) in [6.07, 6.45) is 15.5. The number of hydrogen-bond acceptors (Lipinski definition) is 2. The molecule has 0 radical (unpaired) electrons. The number of aryl methyl sites for hydroxylation is 1. The second-order valence-corrected chi connectivity index (χ2v) is 9.54. The molecule has 3 nitrogen and oxygen atoms in total. The van der Waals surface area contributed by atoms with Crippen LogP contribution in [-0.4, -0.2) is 17.4 Å². The van der Waals surface area contributed by atoms with Gasteiger partial charge in [-0.2, -0.15) is 0 Å². The molecule has 4 heteroatoms. The van der Waals surface area contributed by atoms with Crippen LogP contribution in [0.25, 0.3) is 0 Å². The van der Waals surface area contributed by atoms with Gasteiger partial charge in [-0.3, -0.25) is 9.78 Å². The summed E-state index contributed by atoms with van der Waals surface area (Å²) < 4.78 is 14.1. The number of carbonyl (C=O) groups is 1. The third-order valence-electron chi connectivity index (χ3n) is 7.39. The fraction of sp³-hybridized carbons (Fsp3) is 0.556. The SMILES string of the molecule is O=C(CC(C1CC1)C1(c2cccc(F)c2)CCCCC1)NCCCCc1cccnc1. The normalized spacial score (nSPS) is 19.0. The molecule has 0 aliphatic heterocycles. The van der Waals surface area contributed by atoms with Crippen molar-refractivity contribution >= 4 is 5.91 Å². The quantitative estimate of drug-likeness (QED) is 0.479. The van der Waals surface area contributed by atoms with E-state index in [0.717, 1.165) is 44.2 Å². The van der Waals surface area contributed by atoms with Gasteiger partial charge in [0, 0.05) is 25.4 Å². The number of rotatable bonds is 10. The first-order valence-electron chi connectivity index (χ1n) is 12.1. The fourth-order valence-electron chi connectivity index (χ4n) is 5.67. The largest absolute Gasteiger partial charge is 0.356 e. The van der Waals surface area contributed by atoms with E-state index in [4.69, 9.17) is 0 Å². The number of benzene rings is 1. The Morgan fingerprint density at radius 1 is 1.13 bits per heavy atom. The summed E-state index contributed by atoms with van der Waals surface area (Å²) in [5, 5.41) is 3.17. The molecule has 0 bridgehead atoms. The highest BCUT2D eigenvalue weighted by atomic mass is 19.1. The molecule has 1 aromatic heterocycles. The van der Waals surface area contributed by atoms with Crippen molar-refractivity contribution in [1.82, 2.24) is 10.3 Å². The van der Waals surface area contributed by atoms with Gasteiger partial charge in [0.15, 0.2) is 0 Å². The van der Waals surface area contributed by atoms with Crippen LogP contribution in [0.4, 0.5) is 4.39 Å². The van der Waals surface area contributed by atoms with E-state index in [9.17, 15) is 9.18 Å². The molecule has 1 heterocycles. The van der Waals surface area contributed by atoms with Gasteiger partial charge in [-0.15, -0.1) is 0 Å². The summed E-state index contributed by atoms with van der Waals surface area (Å²) in [6, 6.07) is 11.3. The lowest BCUT2D eigenvalue weighted by Crippen LogP contribution is -2.41. The minimum absolute atomic E-state index is 0.0425. The van der Waals surface area contributed by atoms with Gasteiger partial charge < -0.3 is 5.32 Å². The average molecular weight is 423 g/mol. The number of halogens is 1. The Morgan fingerprint density at radius 2 is 1.97 bits per heavy atom. The summed E-state index contributed by atoms with van der Waals surface area (Å²) in [7, 11) is 0. The van der Waals surface area contributed by atoms with Crippen molar-refractivity contribution in [1.29, 1.82) is 0 Å². The molecule has 1 atom stereocenters. The van der Waals surface area contributed by atoms with Gasteiger partial charge in [0.25, 0.3) is 0 Å². The minimum Gasteiger partial charge on any atom is -0.356 e. The first-order valence-corrected chi connectivity index (χ1v) is 12.1. The number of aromatic nitrogens is 1. The molecule has 2 aliphatic rings. The molecule has 1 aromatic carbocycles. The van der Waals surface area contributed by atoms with Crippen LogP contribution in [0, 0.1) is 17.7 Å². The maximum atomic E-state index is 14.1. The Hall–Kier alpha value is -2.23. The Bertz CT molecular complexity index is 843. The number of unbranched alkanes of at least 4 members (excludes halogenated alkanes) is 1. The highest BCUT2D eigenvalue weighted by Crippen LogP contribution is 2.54. The molecular weight excluding hydrogens is 387 g/mol. The third-order valence-corrected chi connectivity index (χ3v) is 7.39. The lowest BCUT2D eigenvalue weighted by molar-refractivity contribution is -0.123. The topological polar surface area (TPSA) is 42.0 Å². The van der Waals surface area contributed by atoms with Gasteiger partial charge in [0.05, 0.1) is 0 Å². The van der Waals surface area contributed by atoms with Crippen LogP contribution in [0.3, 0.4) is 0 Å². The van der Waals surface area contributed by atoms with Crippen LogP contribution < -0.4 is 5.32 Å². The molecule has 1 unspecified atom stereocenters. The highest BCUT2D eigenvalue weighted by molar-refractivity contribution is 5.76. The van der Waals surface area contributed by atoms with Gasteiger partial charge >= 0.3 is 0 Å². The molecule has 31 heavy (non-hydrogen) atoms. The van der Waals surface area contributed by atoms with Crippen molar-refractivity contribution < 1.29 is 9.18 Å². The lowest BCUT2D eigenvalue weighted by atomic mass is 9.59. The van der Waals surface area contributed by atoms with E-state index in [1.165, 1.54) is 43.7 Å². The number of pyridine rings is 1. The number of hydrogen-bond donors (Lipinski definition) is 1. The van der Waals surface area contributed by atoms with E-state index in [-0.39, 0.29) is 17.1 Å². The van der Waals surface area contributed by atoms with Crippen LogP contribution >= 0.6 is 0 Å². The summed E-state index contributed by atoms with van der Waals surface area (Å²) >= 11 is 0.